The Balaban J connectivity index is 1.63. The van der Waals surface area contributed by atoms with Gasteiger partial charge in [0.05, 0.1) is 11.6 Å². The maximum absolute atomic E-state index is 12.5. The average Bonchev–Trinajstić information content (AvgIpc) is 2.67. The van der Waals surface area contributed by atoms with E-state index < -0.39 is 0 Å². The first kappa shape index (κ1) is 15.7. The first-order valence-electron chi connectivity index (χ1n) is 7.69. The van der Waals surface area contributed by atoms with Gasteiger partial charge in [0.1, 0.15) is 5.69 Å². The maximum Gasteiger partial charge on any atom is 0.272 e. The second kappa shape index (κ2) is 6.92. The van der Waals surface area contributed by atoms with Crippen molar-refractivity contribution in [2.45, 2.75) is 0 Å². The van der Waals surface area contributed by atoms with Crippen LogP contribution in [0.3, 0.4) is 0 Å². The SMILES string of the molecule is N#Cc1cccc(C(=O)N2CCN(C(=O)c3ccccn3)CC2)c1. The summed E-state index contributed by atoms with van der Waals surface area (Å²) in [6, 6.07) is 13.9. The number of hydrogen-bond acceptors (Lipinski definition) is 4. The van der Waals surface area contributed by atoms with Gasteiger partial charge in [-0.1, -0.05) is 12.1 Å². The van der Waals surface area contributed by atoms with Crippen LogP contribution in [0.4, 0.5) is 0 Å². The van der Waals surface area contributed by atoms with Gasteiger partial charge in [-0.05, 0) is 30.3 Å². The number of rotatable bonds is 2. The maximum atomic E-state index is 12.5. The van der Waals surface area contributed by atoms with Crippen LogP contribution in [0, 0.1) is 11.3 Å². The van der Waals surface area contributed by atoms with Crippen molar-refractivity contribution in [3.05, 3.63) is 65.5 Å². The Morgan fingerprint density at radius 2 is 1.67 bits per heavy atom. The molecule has 120 valence electrons. The molecule has 6 heteroatoms. The Morgan fingerprint density at radius 3 is 2.29 bits per heavy atom. The van der Waals surface area contributed by atoms with Gasteiger partial charge in [-0.15, -0.1) is 0 Å². The third kappa shape index (κ3) is 3.25. The minimum absolute atomic E-state index is 0.114. The molecule has 0 unspecified atom stereocenters. The summed E-state index contributed by atoms with van der Waals surface area (Å²) < 4.78 is 0. The van der Waals surface area contributed by atoms with Crippen molar-refractivity contribution in [1.82, 2.24) is 14.8 Å². The van der Waals surface area contributed by atoms with E-state index in [-0.39, 0.29) is 11.8 Å². The molecular weight excluding hydrogens is 304 g/mol. The van der Waals surface area contributed by atoms with Crippen molar-refractivity contribution in [2.75, 3.05) is 26.2 Å². The topological polar surface area (TPSA) is 77.3 Å². The van der Waals surface area contributed by atoms with Crippen molar-refractivity contribution in [3.8, 4) is 6.07 Å². The molecule has 0 aliphatic carbocycles. The van der Waals surface area contributed by atoms with E-state index >= 15 is 0 Å². The molecule has 2 heterocycles. The number of amides is 2. The summed E-state index contributed by atoms with van der Waals surface area (Å²) in [6.45, 7) is 1.88. The summed E-state index contributed by atoms with van der Waals surface area (Å²) in [4.78, 5) is 32.4. The van der Waals surface area contributed by atoms with Gasteiger partial charge in [-0.2, -0.15) is 5.26 Å². The van der Waals surface area contributed by atoms with Crippen LogP contribution in [0.15, 0.2) is 48.7 Å². The van der Waals surface area contributed by atoms with E-state index in [1.165, 1.54) is 0 Å². The first-order chi connectivity index (χ1) is 11.7. The van der Waals surface area contributed by atoms with Crippen LogP contribution < -0.4 is 0 Å². The van der Waals surface area contributed by atoms with Crippen molar-refractivity contribution in [1.29, 1.82) is 5.26 Å². The molecule has 1 aliphatic rings. The zero-order chi connectivity index (χ0) is 16.9. The summed E-state index contributed by atoms with van der Waals surface area (Å²) in [6.07, 6.45) is 1.59. The summed E-state index contributed by atoms with van der Waals surface area (Å²) in [7, 11) is 0. The van der Waals surface area contributed by atoms with Gasteiger partial charge in [0.25, 0.3) is 11.8 Å². The zero-order valence-electron chi connectivity index (χ0n) is 13.1. The van der Waals surface area contributed by atoms with Crippen molar-refractivity contribution >= 4 is 11.8 Å². The van der Waals surface area contributed by atoms with Crippen LogP contribution in [0.2, 0.25) is 0 Å². The predicted molar refractivity (Wildman–Crippen MR) is 87.2 cm³/mol. The molecule has 1 fully saturated rings. The molecule has 1 aromatic heterocycles. The van der Waals surface area contributed by atoms with Crippen molar-refractivity contribution < 1.29 is 9.59 Å². The molecule has 0 radical (unpaired) electrons. The highest BCUT2D eigenvalue weighted by Gasteiger charge is 2.26. The smallest absolute Gasteiger partial charge is 0.272 e. The molecule has 1 aromatic carbocycles. The molecule has 1 aliphatic heterocycles. The van der Waals surface area contributed by atoms with Crippen LogP contribution in [0.25, 0.3) is 0 Å². The number of carbonyl (C=O) groups excluding carboxylic acids is 2. The Kier molecular flexibility index (Phi) is 4.52. The van der Waals surface area contributed by atoms with Gasteiger partial charge in [-0.25, -0.2) is 0 Å². The van der Waals surface area contributed by atoms with Gasteiger partial charge in [0, 0.05) is 37.9 Å². The highest BCUT2D eigenvalue weighted by molar-refractivity contribution is 5.95. The molecular formula is C18H16N4O2. The quantitative estimate of drug-likeness (QED) is 0.841. The van der Waals surface area contributed by atoms with E-state index in [2.05, 4.69) is 4.98 Å². The fourth-order valence-corrected chi connectivity index (χ4v) is 2.67. The number of nitriles is 1. The van der Waals surface area contributed by atoms with E-state index in [1.807, 2.05) is 6.07 Å². The van der Waals surface area contributed by atoms with Crippen molar-refractivity contribution in [2.24, 2.45) is 0 Å². The summed E-state index contributed by atoms with van der Waals surface area (Å²) >= 11 is 0. The van der Waals surface area contributed by atoms with Crippen LogP contribution in [0.5, 0.6) is 0 Å². The molecule has 24 heavy (non-hydrogen) atoms. The number of hydrogen-bond donors (Lipinski definition) is 0. The highest BCUT2D eigenvalue weighted by atomic mass is 16.2. The fourth-order valence-electron chi connectivity index (χ4n) is 2.67. The molecule has 0 saturated carbocycles. The van der Waals surface area contributed by atoms with Gasteiger partial charge in [-0.3, -0.25) is 14.6 Å². The molecule has 6 nitrogen and oxygen atoms in total. The van der Waals surface area contributed by atoms with Gasteiger partial charge in [0.2, 0.25) is 0 Å². The minimum atomic E-state index is -0.117. The lowest BCUT2D eigenvalue weighted by Crippen LogP contribution is -2.50. The standard InChI is InChI=1S/C18H16N4O2/c19-13-14-4-3-5-15(12-14)17(23)21-8-10-22(11-9-21)18(24)16-6-1-2-7-20-16/h1-7,12H,8-11H2. The highest BCUT2D eigenvalue weighted by Crippen LogP contribution is 2.12. The number of pyridine rings is 1. The molecule has 2 aromatic rings. The van der Waals surface area contributed by atoms with Crippen LogP contribution in [-0.4, -0.2) is 52.8 Å². The van der Waals surface area contributed by atoms with E-state index in [0.29, 0.717) is 43.0 Å². The third-order valence-corrected chi connectivity index (χ3v) is 3.98. The normalized spacial score (nSPS) is 14.1. The Bertz CT molecular complexity index is 790. The minimum Gasteiger partial charge on any atom is -0.335 e. The molecule has 0 bridgehead atoms. The Hall–Kier alpha value is -3.20. The Labute approximate surface area is 139 Å². The van der Waals surface area contributed by atoms with Gasteiger partial charge in [0.15, 0.2) is 0 Å². The van der Waals surface area contributed by atoms with Gasteiger partial charge >= 0.3 is 0 Å². The third-order valence-electron chi connectivity index (χ3n) is 3.98. The predicted octanol–water partition coefficient (Wildman–Crippen LogP) is 1.55. The molecule has 0 spiro atoms. The molecule has 3 rings (SSSR count). The van der Waals surface area contributed by atoms with Crippen LogP contribution >= 0.6 is 0 Å². The second-order valence-electron chi connectivity index (χ2n) is 5.49. The molecule has 0 N–H and O–H groups in total. The monoisotopic (exact) mass is 320 g/mol. The van der Waals surface area contributed by atoms with Gasteiger partial charge < -0.3 is 9.80 Å². The first-order valence-corrected chi connectivity index (χ1v) is 7.69. The van der Waals surface area contributed by atoms with Crippen LogP contribution in [0.1, 0.15) is 26.4 Å². The fraction of sp³-hybridized carbons (Fsp3) is 0.222. The second-order valence-corrected chi connectivity index (χ2v) is 5.49. The summed E-state index contributed by atoms with van der Waals surface area (Å²) in [5.41, 5.74) is 1.38. The number of piperazine rings is 1. The summed E-state index contributed by atoms with van der Waals surface area (Å²) in [5, 5.41) is 8.93. The number of carbonyl (C=O) groups is 2. The molecule has 1 saturated heterocycles. The average molecular weight is 320 g/mol. The Morgan fingerprint density at radius 1 is 0.958 bits per heavy atom. The lowest BCUT2D eigenvalue weighted by Gasteiger charge is -2.34. The number of benzene rings is 1. The molecule has 0 atom stereocenters. The molecule has 2 amide bonds. The van der Waals surface area contributed by atoms with Crippen molar-refractivity contribution in [3.63, 3.8) is 0 Å². The van der Waals surface area contributed by atoms with E-state index in [9.17, 15) is 9.59 Å². The van der Waals surface area contributed by atoms with E-state index in [4.69, 9.17) is 5.26 Å². The largest absolute Gasteiger partial charge is 0.335 e. The number of nitrogens with zero attached hydrogens (tertiary/aromatic N) is 4. The number of aromatic nitrogens is 1. The summed E-state index contributed by atoms with van der Waals surface area (Å²) in [5.74, 6) is -0.230. The van der Waals surface area contributed by atoms with Crippen LogP contribution in [-0.2, 0) is 0 Å². The van der Waals surface area contributed by atoms with E-state index in [0.717, 1.165) is 0 Å². The zero-order valence-corrected chi connectivity index (χ0v) is 13.1. The lowest BCUT2D eigenvalue weighted by atomic mass is 10.1. The lowest BCUT2D eigenvalue weighted by molar-refractivity contribution is 0.0532. The van der Waals surface area contributed by atoms with E-state index in [1.54, 1.807) is 58.5 Å².